The summed E-state index contributed by atoms with van der Waals surface area (Å²) in [6.07, 6.45) is 0. The van der Waals surface area contributed by atoms with E-state index in [2.05, 4.69) is 0 Å². The first-order valence-corrected chi connectivity index (χ1v) is 6.78. The quantitative estimate of drug-likeness (QED) is 0.833. The zero-order valence-electron chi connectivity index (χ0n) is 9.60. The first-order chi connectivity index (χ1) is 8.43. The fourth-order valence-electron chi connectivity index (χ4n) is 1.81. The molecule has 6 heteroatoms. The summed E-state index contributed by atoms with van der Waals surface area (Å²) in [5.41, 5.74) is 2.31. The standard InChI is InChI=1S/C12H10O4S2/c1-5-3-17-9(11(13)14)7(5)8-6(2)4-18-10(8)12(15)16/h3-4H,1-2H3,(H,13,14)(H,15,16)/p-2. The second kappa shape index (κ2) is 4.55. The minimum Gasteiger partial charge on any atom is -0.544 e. The molecule has 0 aliphatic carbocycles. The first-order valence-electron chi connectivity index (χ1n) is 5.02. The second-order valence-electron chi connectivity index (χ2n) is 3.82. The molecule has 4 nitrogen and oxygen atoms in total. The molecule has 0 unspecified atom stereocenters. The van der Waals surface area contributed by atoms with Crippen molar-refractivity contribution in [1.82, 2.24) is 0 Å². The molecule has 0 saturated heterocycles. The number of carbonyl (C=O) groups is 2. The third kappa shape index (κ3) is 1.93. The van der Waals surface area contributed by atoms with Crippen LogP contribution in [0.5, 0.6) is 0 Å². The van der Waals surface area contributed by atoms with Crippen molar-refractivity contribution >= 4 is 34.6 Å². The molecule has 94 valence electrons. The van der Waals surface area contributed by atoms with Crippen LogP contribution in [0, 0.1) is 13.8 Å². The normalized spacial score (nSPS) is 10.6. The number of aromatic carboxylic acids is 2. The lowest BCUT2D eigenvalue weighted by molar-refractivity contribution is -0.255. The van der Waals surface area contributed by atoms with Gasteiger partial charge in [-0.25, -0.2) is 0 Å². The van der Waals surface area contributed by atoms with Crippen molar-refractivity contribution in [2.24, 2.45) is 0 Å². The highest BCUT2D eigenvalue weighted by Crippen LogP contribution is 2.39. The van der Waals surface area contributed by atoms with Gasteiger partial charge in [-0.3, -0.25) is 0 Å². The predicted molar refractivity (Wildman–Crippen MR) is 65.8 cm³/mol. The van der Waals surface area contributed by atoms with Crippen LogP contribution in [0.1, 0.15) is 30.5 Å². The van der Waals surface area contributed by atoms with Crippen LogP contribution in [0.3, 0.4) is 0 Å². The van der Waals surface area contributed by atoms with E-state index in [4.69, 9.17) is 0 Å². The van der Waals surface area contributed by atoms with Gasteiger partial charge in [0.05, 0.1) is 21.7 Å². The summed E-state index contributed by atoms with van der Waals surface area (Å²) >= 11 is 2.08. The highest BCUT2D eigenvalue weighted by atomic mass is 32.1. The zero-order chi connectivity index (χ0) is 13.4. The van der Waals surface area contributed by atoms with Gasteiger partial charge < -0.3 is 19.8 Å². The first kappa shape index (κ1) is 12.8. The Kier molecular flexibility index (Phi) is 3.23. The summed E-state index contributed by atoms with van der Waals surface area (Å²) in [6, 6.07) is 0. The highest BCUT2D eigenvalue weighted by molar-refractivity contribution is 7.13. The van der Waals surface area contributed by atoms with Crippen molar-refractivity contribution in [1.29, 1.82) is 0 Å². The van der Waals surface area contributed by atoms with Gasteiger partial charge in [-0.05, 0) is 35.7 Å². The molecule has 2 aromatic heterocycles. The molecule has 0 radical (unpaired) electrons. The van der Waals surface area contributed by atoms with E-state index < -0.39 is 11.9 Å². The van der Waals surface area contributed by atoms with Gasteiger partial charge in [-0.1, -0.05) is 0 Å². The van der Waals surface area contributed by atoms with Crippen molar-refractivity contribution in [2.75, 3.05) is 0 Å². The van der Waals surface area contributed by atoms with Crippen LogP contribution in [0.4, 0.5) is 0 Å². The number of carbonyl (C=O) groups excluding carboxylic acids is 2. The van der Waals surface area contributed by atoms with Crippen molar-refractivity contribution in [3.8, 4) is 11.1 Å². The molecule has 0 amide bonds. The number of thiophene rings is 2. The smallest absolute Gasteiger partial charge is 0.0821 e. The SMILES string of the molecule is Cc1csc(C(=O)[O-])c1-c1c(C)csc1C(=O)[O-]. The van der Waals surface area contributed by atoms with Gasteiger partial charge in [0.2, 0.25) is 0 Å². The monoisotopic (exact) mass is 280 g/mol. The fourth-order valence-corrected chi connectivity index (χ4v) is 3.59. The molecule has 0 saturated carbocycles. The Labute approximate surface area is 111 Å². The number of hydrogen-bond acceptors (Lipinski definition) is 6. The molecule has 2 heterocycles. The molecule has 0 aromatic carbocycles. The summed E-state index contributed by atoms with van der Waals surface area (Å²) in [5.74, 6) is -2.59. The van der Waals surface area contributed by atoms with Gasteiger partial charge in [-0.2, -0.15) is 0 Å². The number of hydrogen-bond donors (Lipinski definition) is 0. The van der Waals surface area contributed by atoms with Crippen LogP contribution < -0.4 is 10.2 Å². The molecule has 0 aliphatic heterocycles. The molecule has 2 rings (SSSR count). The maximum atomic E-state index is 11.1. The third-order valence-corrected chi connectivity index (χ3v) is 4.73. The Hall–Kier alpha value is -1.66. The molecule has 0 spiro atoms. The van der Waals surface area contributed by atoms with E-state index in [1.807, 2.05) is 0 Å². The van der Waals surface area contributed by atoms with Crippen LogP contribution >= 0.6 is 22.7 Å². The maximum absolute atomic E-state index is 11.1. The summed E-state index contributed by atoms with van der Waals surface area (Å²) in [5, 5.41) is 25.5. The third-order valence-electron chi connectivity index (χ3n) is 2.57. The van der Waals surface area contributed by atoms with Crippen molar-refractivity contribution in [2.45, 2.75) is 13.8 Å². The van der Waals surface area contributed by atoms with E-state index >= 15 is 0 Å². The summed E-state index contributed by atoms with van der Waals surface area (Å²) in [4.78, 5) is 22.2. The van der Waals surface area contributed by atoms with Crippen LogP contribution in [0.2, 0.25) is 0 Å². The molecular weight excluding hydrogens is 272 g/mol. The topological polar surface area (TPSA) is 80.3 Å². The van der Waals surface area contributed by atoms with Gasteiger partial charge in [0.1, 0.15) is 0 Å². The molecule has 0 bridgehead atoms. The van der Waals surface area contributed by atoms with Crippen LogP contribution in [0.25, 0.3) is 11.1 Å². The fraction of sp³-hybridized carbons (Fsp3) is 0.167. The average Bonchev–Trinajstić information content (AvgIpc) is 2.81. The molecule has 0 N–H and O–H groups in total. The zero-order valence-corrected chi connectivity index (χ0v) is 11.2. The van der Waals surface area contributed by atoms with E-state index in [1.54, 1.807) is 24.6 Å². The average molecular weight is 280 g/mol. The predicted octanol–water partition coefficient (Wildman–Crippen LogP) is 0.820. The van der Waals surface area contributed by atoms with Crippen molar-refractivity contribution < 1.29 is 19.8 Å². The van der Waals surface area contributed by atoms with Gasteiger partial charge in [0.15, 0.2) is 0 Å². The Balaban J connectivity index is 2.76. The minimum absolute atomic E-state index is 0.0523. The van der Waals surface area contributed by atoms with E-state index in [-0.39, 0.29) is 9.75 Å². The van der Waals surface area contributed by atoms with Gasteiger partial charge >= 0.3 is 0 Å². The lowest BCUT2D eigenvalue weighted by Crippen LogP contribution is -2.23. The van der Waals surface area contributed by atoms with Crippen LogP contribution in [-0.2, 0) is 0 Å². The number of aryl methyl sites for hydroxylation is 2. The van der Waals surface area contributed by atoms with Crippen molar-refractivity contribution in [3.05, 3.63) is 31.6 Å². The van der Waals surface area contributed by atoms with Gasteiger partial charge in [-0.15, -0.1) is 22.7 Å². The van der Waals surface area contributed by atoms with Crippen LogP contribution in [0.15, 0.2) is 10.8 Å². The van der Waals surface area contributed by atoms with Crippen LogP contribution in [-0.4, -0.2) is 11.9 Å². The summed E-state index contributed by atoms with van der Waals surface area (Å²) in [7, 11) is 0. The Bertz CT molecular complexity index is 580. The molecular formula is C12H8O4S2-2. The lowest BCUT2D eigenvalue weighted by atomic mass is 9.99. The van der Waals surface area contributed by atoms with Crippen molar-refractivity contribution in [3.63, 3.8) is 0 Å². The second-order valence-corrected chi connectivity index (χ2v) is 5.58. The molecule has 2 aromatic rings. The molecule has 0 atom stereocenters. The van der Waals surface area contributed by atoms with E-state index in [0.29, 0.717) is 11.1 Å². The Morgan fingerprint density at radius 1 is 0.889 bits per heavy atom. The number of rotatable bonds is 3. The Morgan fingerprint density at radius 2 is 1.22 bits per heavy atom. The molecule has 0 aliphatic rings. The lowest BCUT2D eigenvalue weighted by Gasteiger charge is -2.10. The highest BCUT2D eigenvalue weighted by Gasteiger charge is 2.19. The maximum Gasteiger partial charge on any atom is 0.0821 e. The minimum atomic E-state index is -1.29. The Morgan fingerprint density at radius 3 is 1.50 bits per heavy atom. The summed E-state index contributed by atoms with van der Waals surface area (Å²) in [6.45, 7) is 3.49. The van der Waals surface area contributed by atoms with Gasteiger partial charge in [0.25, 0.3) is 0 Å². The van der Waals surface area contributed by atoms with E-state index in [0.717, 1.165) is 33.8 Å². The van der Waals surface area contributed by atoms with E-state index in [9.17, 15) is 19.8 Å². The summed E-state index contributed by atoms with van der Waals surface area (Å²) < 4.78 is 0. The van der Waals surface area contributed by atoms with Gasteiger partial charge in [0, 0.05) is 11.1 Å². The number of carboxylic acids is 2. The molecule has 18 heavy (non-hydrogen) atoms. The largest absolute Gasteiger partial charge is 0.544 e. The molecule has 0 fully saturated rings. The van der Waals surface area contributed by atoms with E-state index in [1.165, 1.54) is 0 Å². The number of carboxylic acid groups (broad SMARTS) is 2.